The number of halogens is 2. The Kier molecular flexibility index (Phi) is 5.47. The molecule has 0 unspecified atom stereocenters. The number of nitrogens with one attached hydrogen (secondary N) is 1. The zero-order valence-corrected chi connectivity index (χ0v) is 16.6. The summed E-state index contributed by atoms with van der Waals surface area (Å²) in [7, 11) is 0. The van der Waals surface area contributed by atoms with E-state index in [1.54, 1.807) is 18.5 Å². The van der Waals surface area contributed by atoms with E-state index in [1.165, 1.54) is 12.1 Å². The second kappa shape index (κ2) is 8.19. The number of aromatic nitrogens is 3. The molecule has 29 heavy (non-hydrogen) atoms. The molecule has 0 amide bonds. The number of fused-ring (bicyclic) bond motifs is 1. The number of rotatable bonds is 6. The Morgan fingerprint density at radius 2 is 2.00 bits per heavy atom. The van der Waals surface area contributed by atoms with E-state index in [0.29, 0.717) is 12.2 Å². The maximum atomic E-state index is 13.6. The molecule has 2 heterocycles. The molecule has 2 aromatic heterocycles. The van der Waals surface area contributed by atoms with Crippen molar-refractivity contribution in [1.82, 2.24) is 15.2 Å². The first-order valence-electron chi connectivity index (χ1n) is 9.22. The van der Waals surface area contributed by atoms with Crippen molar-refractivity contribution in [2.75, 3.05) is 6.61 Å². The third-order valence-electron chi connectivity index (χ3n) is 4.74. The molecule has 0 spiro atoms. The molecule has 148 valence electrons. The Hall–Kier alpha value is -2.96. The van der Waals surface area contributed by atoms with Crippen LogP contribution in [0.4, 0.5) is 4.39 Å². The summed E-state index contributed by atoms with van der Waals surface area (Å²) in [6, 6.07) is 12.4. The van der Waals surface area contributed by atoms with Crippen LogP contribution in [0, 0.1) is 12.7 Å². The van der Waals surface area contributed by atoms with E-state index in [2.05, 4.69) is 21.2 Å². The summed E-state index contributed by atoms with van der Waals surface area (Å²) in [5.41, 5.74) is 10.8. The SMILES string of the molecule is Cc1[nH]nc2ccc(-c3cncc(OC[C@@H](N)Cc4ccc(Cl)c(F)c4)c3)cc12. The summed E-state index contributed by atoms with van der Waals surface area (Å²) in [6.07, 6.45) is 3.93. The lowest BCUT2D eigenvalue weighted by Crippen LogP contribution is -2.30. The van der Waals surface area contributed by atoms with Crippen LogP contribution in [0.2, 0.25) is 5.02 Å². The first-order chi connectivity index (χ1) is 14.0. The monoisotopic (exact) mass is 410 g/mol. The van der Waals surface area contributed by atoms with Crippen molar-refractivity contribution in [3.8, 4) is 16.9 Å². The molecule has 0 saturated carbocycles. The quantitative estimate of drug-likeness (QED) is 0.484. The number of hydrogen-bond acceptors (Lipinski definition) is 4. The zero-order chi connectivity index (χ0) is 20.4. The van der Waals surface area contributed by atoms with Crippen molar-refractivity contribution >= 4 is 22.5 Å². The minimum Gasteiger partial charge on any atom is -0.490 e. The Balaban J connectivity index is 1.44. The van der Waals surface area contributed by atoms with Crippen LogP contribution in [0.15, 0.2) is 54.9 Å². The molecular weight excluding hydrogens is 391 g/mol. The number of ether oxygens (including phenoxy) is 1. The minimum atomic E-state index is -0.445. The molecule has 0 aliphatic heterocycles. The lowest BCUT2D eigenvalue weighted by Gasteiger charge is -2.14. The van der Waals surface area contributed by atoms with Gasteiger partial charge in [-0.3, -0.25) is 10.1 Å². The predicted molar refractivity (Wildman–Crippen MR) is 113 cm³/mol. The second-order valence-electron chi connectivity index (χ2n) is 7.01. The third kappa shape index (κ3) is 4.39. The molecule has 3 N–H and O–H groups in total. The molecule has 0 bridgehead atoms. The molecule has 0 fully saturated rings. The van der Waals surface area contributed by atoms with Crippen LogP contribution >= 0.6 is 11.6 Å². The number of aryl methyl sites for hydroxylation is 1. The van der Waals surface area contributed by atoms with E-state index in [4.69, 9.17) is 22.1 Å². The second-order valence-corrected chi connectivity index (χ2v) is 7.42. The average molecular weight is 411 g/mol. The molecule has 0 saturated heterocycles. The van der Waals surface area contributed by atoms with Gasteiger partial charge < -0.3 is 10.5 Å². The Morgan fingerprint density at radius 1 is 1.14 bits per heavy atom. The van der Waals surface area contributed by atoms with Crippen LogP contribution in [-0.4, -0.2) is 27.8 Å². The molecule has 4 rings (SSSR count). The normalized spacial score (nSPS) is 12.3. The fraction of sp³-hybridized carbons (Fsp3) is 0.182. The maximum Gasteiger partial charge on any atom is 0.142 e. The summed E-state index contributed by atoms with van der Waals surface area (Å²) >= 11 is 5.71. The average Bonchev–Trinajstić information content (AvgIpc) is 3.10. The van der Waals surface area contributed by atoms with Gasteiger partial charge in [-0.1, -0.05) is 23.7 Å². The highest BCUT2D eigenvalue weighted by Crippen LogP contribution is 2.27. The molecule has 0 aliphatic carbocycles. The van der Waals surface area contributed by atoms with Gasteiger partial charge in [0.1, 0.15) is 18.2 Å². The van der Waals surface area contributed by atoms with Crippen LogP contribution < -0.4 is 10.5 Å². The largest absolute Gasteiger partial charge is 0.490 e. The van der Waals surface area contributed by atoms with E-state index >= 15 is 0 Å². The molecule has 7 heteroatoms. The Morgan fingerprint density at radius 3 is 2.83 bits per heavy atom. The lowest BCUT2D eigenvalue weighted by molar-refractivity contribution is 0.286. The van der Waals surface area contributed by atoms with Crippen molar-refractivity contribution in [3.05, 3.63) is 77.0 Å². The first kappa shape index (κ1) is 19.4. The van der Waals surface area contributed by atoms with Gasteiger partial charge in [-0.15, -0.1) is 0 Å². The molecular formula is C22H20ClFN4O. The zero-order valence-electron chi connectivity index (χ0n) is 15.8. The fourth-order valence-electron chi connectivity index (χ4n) is 3.20. The highest BCUT2D eigenvalue weighted by atomic mass is 35.5. The van der Waals surface area contributed by atoms with Crippen molar-refractivity contribution in [2.24, 2.45) is 5.73 Å². The molecule has 4 aromatic rings. The minimum absolute atomic E-state index is 0.102. The smallest absolute Gasteiger partial charge is 0.142 e. The van der Waals surface area contributed by atoms with Gasteiger partial charge in [0.15, 0.2) is 0 Å². The fourth-order valence-corrected chi connectivity index (χ4v) is 3.32. The molecule has 0 aliphatic rings. The predicted octanol–water partition coefficient (Wildman–Crippen LogP) is 4.67. The number of nitrogens with zero attached hydrogens (tertiary/aromatic N) is 2. The maximum absolute atomic E-state index is 13.6. The van der Waals surface area contributed by atoms with E-state index in [-0.39, 0.29) is 17.7 Å². The lowest BCUT2D eigenvalue weighted by atomic mass is 10.0. The van der Waals surface area contributed by atoms with Crippen LogP contribution in [0.3, 0.4) is 0 Å². The van der Waals surface area contributed by atoms with Gasteiger partial charge in [0, 0.05) is 28.9 Å². The van der Waals surface area contributed by atoms with E-state index < -0.39 is 5.82 Å². The number of pyridine rings is 1. The van der Waals surface area contributed by atoms with Gasteiger partial charge in [0.05, 0.1) is 16.7 Å². The standard InChI is InChI=1S/C22H20ClFN4O/c1-13-19-9-15(3-5-22(19)28-27-13)16-8-18(11-26-10-16)29-12-17(25)6-14-2-4-20(23)21(24)7-14/h2-5,7-11,17H,6,12,25H2,1H3,(H,27,28)/t17-/m0/s1. The number of hydrogen-bond donors (Lipinski definition) is 2. The van der Waals surface area contributed by atoms with Crippen molar-refractivity contribution in [3.63, 3.8) is 0 Å². The Labute approximate surface area is 172 Å². The highest BCUT2D eigenvalue weighted by molar-refractivity contribution is 6.30. The number of H-pyrrole nitrogens is 1. The van der Waals surface area contributed by atoms with Crippen LogP contribution in [0.5, 0.6) is 5.75 Å². The summed E-state index contributed by atoms with van der Waals surface area (Å²) in [4.78, 5) is 4.28. The van der Waals surface area contributed by atoms with E-state index in [0.717, 1.165) is 33.3 Å². The first-order valence-corrected chi connectivity index (χ1v) is 9.60. The van der Waals surface area contributed by atoms with E-state index in [9.17, 15) is 4.39 Å². The van der Waals surface area contributed by atoms with Gasteiger partial charge >= 0.3 is 0 Å². The van der Waals surface area contributed by atoms with Crippen LogP contribution in [0.1, 0.15) is 11.3 Å². The summed E-state index contributed by atoms with van der Waals surface area (Å²) in [6.45, 7) is 2.28. The van der Waals surface area contributed by atoms with E-state index in [1.807, 2.05) is 25.1 Å². The Bertz CT molecular complexity index is 1160. The van der Waals surface area contributed by atoms with Crippen LogP contribution in [0.25, 0.3) is 22.0 Å². The summed E-state index contributed by atoms with van der Waals surface area (Å²) < 4.78 is 19.4. The van der Waals surface area contributed by atoms with Gasteiger partial charge in [0.25, 0.3) is 0 Å². The number of nitrogens with two attached hydrogens (primary N) is 1. The number of benzene rings is 2. The van der Waals surface area contributed by atoms with Gasteiger partial charge in [-0.05, 0) is 54.8 Å². The highest BCUT2D eigenvalue weighted by Gasteiger charge is 2.10. The van der Waals surface area contributed by atoms with Crippen molar-refractivity contribution in [2.45, 2.75) is 19.4 Å². The van der Waals surface area contributed by atoms with Crippen molar-refractivity contribution in [1.29, 1.82) is 0 Å². The molecule has 5 nitrogen and oxygen atoms in total. The van der Waals surface area contributed by atoms with Gasteiger partial charge in [-0.2, -0.15) is 5.10 Å². The van der Waals surface area contributed by atoms with Crippen LogP contribution in [-0.2, 0) is 6.42 Å². The topological polar surface area (TPSA) is 76.8 Å². The molecule has 2 aromatic carbocycles. The summed E-state index contributed by atoms with van der Waals surface area (Å²) in [5.74, 6) is 0.184. The molecule has 1 atom stereocenters. The van der Waals surface area contributed by atoms with Gasteiger partial charge in [0.2, 0.25) is 0 Å². The van der Waals surface area contributed by atoms with Crippen molar-refractivity contribution < 1.29 is 9.13 Å². The number of aromatic amines is 1. The summed E-state index contributed by atoms with van der Waals surface area (Å²) in [5, 5.41) is 8.42. The molecule has 0 radical (unpaired) electrons. The third-order valence-corrected chi connectivity index (χ3v) is 5.04. The van der Waals surface area contributed by atoms with Gasteiger partial charge in [-0.25, -0.2) is 4.39 Å².